The second kappa shape index (κ2) is 10.1. The molecule has 1 aliphatic heterocycles. The Morgan fingerprint density at radius 3 is 2.34 bits per heavy atom. The maximum Gasteiger partial charge on any atom is 0.161 e. The lowest BCUT2D eigenvalue weighted by Crippen LogP contribution is -2.22. The van der Waals surface area contributed by atoms with E-state index in [0.29, 0.717) is 54.5 Å². The topological polar surface area (TPSA) is 49.0 Å². The molecule has 0 aliphatic carbocycles. The summed E-state index contributed by atoms with van der Waals surface area (Å²) >= 11 is 0. The van der Waals surface area contributed by atoms with Crippen LogP contribution in [0.5, 0.6) is 23.0 Å². The van der Waals surface area contributed by atoms with Gasteiger partial charge in [0.1, 0.15) is 0 Å². The number of hydrogen-bond acceptors (Lipinski definition) is 5. The monoisotopic (exact) mass is 407 g/mol. The molecule has 0 amide bonds. The average molecular weight is 408 g/mol. The van der Waals surface area contributed by atoms with Gasteiger partial charge in [0.15, 0.2) is 23.0 Å². The molecular formula is C24H31NO4. The number of benzene rings is 2. The van der Waals surface area contributed by atoms with Gasteiger partial charge < -0.3 is 24.3 Å². The van der Waals surface area contributed by atoms with Crippen LogP contribution in [0.2, 0.25) is 0 Å². The van der Waals surface area contributed by atoms with E-state index in [1.54, 1.807) is 18.2 Å². The van der Waals surface area contributed by atoms with Crippen molar-refractivity contribution in [1.29, 1.82) is 0 Å². The molecular weight excluding hydrogens is 366 g/mol. The first-order chi connectivity index (χ1) is 18.0. The third kappa shape index (κ3) is 4.97. The van der Waals surface area contributed by atoms with E-state index in [9.17, 15) is 0 Å². The normalized spacial score (nSPS) is 21.1. The molecule has 2 aromatic carbocycles. The maximum absolute atomic E-state index is 7.92. The van der Waals surface area contributed by atoms with Crippen LogP contribution in [0.15, 0.2) is 30.3 Å². The number of rotatable bonds is 9. The smallest absolute Gasteiger partial charge is 0.161 e. The van der Waals surface area contributed by atoms with Crippen molar-refractivity contribution in [3.63, 3.8) is 0 Å². The van der Waals surface area contributed by atoms with Gasteiger partial charge in [0.05, 0.1) is 31.8 Å². The third-order valence-corrected chi connectivity index (χ3v) is 4.37. The molecule has 1 heterocycles. The first-order valence-corrected chi connectivity index (χ1v) is 9.39. The molecule has 0 aromatic heterocycles. The van der Waals surface area contributed by atoms with Gasteiger partial charge in [0, 0.05) is 26.0 Å². The summed E-state index contributed by atoms with van der Waals surface area (Å²) in [6.07, 6.45) is 2.25. The van der Waals surface area contributed by atoms with Crippen molar-refractivity contribution in [3.8, 4) is 23.0 Å². The Hall–Kier alpha value is -2.82. The Labute approximate surface area is 187 Å². The van der Waals surface area contributed by atoms with Crippen LogP contribution < -0.4 is 24.3 Å². The predicted molar refractivity (Wildman–Crippen MR) is 117 cm³/mol. The summed E-state index contributed by atoms with van der Waals surface area (Å²) < 4.78 is 98.1. The zero-order chi connectivity index (χ0) is 29.2. The van der Waals surface area contributed by atoms with E-state index in [4.69, 9.17) is 32.7 Å². The predicted octanol–water partition coefficient (Wildman–Crippen LogP) is 4.93. The van der Waals surface area contributed by atoms with Crippen molar-refractivity contribution in [2.45, 2.75) is 34.0 Å². The molecule has 0 spiro atoms. The van der Waals surface area contributed by atoms with Crippen molar-refractivity contribution in [2.75, 3.05) is 32.9 Å². The molecule has 1 N–H and O–H groups in total. The van der Waals surface area contributed by atoms with E-state index in [1.807, 2.05) is 19.9 Å². The lowest BCUT2D eigenvalue weighted by molar-refractivity contribution is 0.287. The minimum atomic E-state index is -3.20. The highest BCUT2D eigenvalue weighted by molar-refractivity contribution is 5.84. The zero-order valence-electron chi connectivity index (χ0n) is 26.4. The summed E-state index contributed by atoms with van der Waals surface area (Å²) in [5.74, 6) is 0.255. The van der Waals surface area contributed by atoms with Crippen LogP contribution in [-0.4, -0.2) is 32.9 Å². The van der Waals surface area contributed by atoms with Crippen LogP contribution in [0.4, 0.5) is 0 Å². The summed E-state index contributed by atoms with van der Waals surface area (Å²) in [6.45, 7) is -7.62. The fourth-order valence-electron chi connectivity index (χ4n) is 3.21. The molecule has 3 rings (SSSR count). The molecule has 5 heteroatoms. The molecule has 5 nitrogen and oxygen atoms in total. The second-order valence-corrected chi connectivity index (χ2v) is 6.17. The molecule has 0 bridgehead atoms. The van der Waals surface area contributed by atoms with Crippen LogP contribution in [0, 0.1) is 0 Å². The van der Waals surface area contributed by atoms with Gasteiger partial charge >= 0.3 is 0 Å². The molecule has 1 aliphatic rings. The molecule has 0 unspecified atom stereocenters. The van der Waals surface area contributed by atoms with Gasteiger partial charge in [-0.25, -0.2) is 0 Å². The van der Waals surface area contributed by atoms with Crippen molar-refractivity contribution >= 4 is 11.8 Å². The highest BCUT2D eigenvalue weighted by Gasteiger charge is 2.19. The lowest BCUT2D eigenvalue weighted by atomic mass is 9.96. The third-order valence-electron chi connectivity index (χ3n) is 4.37. The van der Waals surface area contributed by atoms with E-state index in [-0.39, 0.29) is 0 Å². The molecule has 0 atom stereocenters. The number of ether oxygens (including phenoxy) is 4. The van der Waals surface area contributed by atoms with E-state index in [2.05, 4.69) is 5.32 Å². The van der Waals surface area contributed by atoms with Crippen molar-refractivity contribution in [3.05, 3.63) is 47.0 Å². The Bertz CT molecular complexity index is 1210. The fourth-order valence-corrected chi connectivity index (χ4v) is 3.21. The van der Waals surface area contributed by atoms with Gasteiger partial charge in [-0.2, -0.15) is 0 Å². The van der Waals surface area contributed by atoms with E-state index >= 15 is 0 Å². The van der Waals surface area contributed by atoms with E-state index < -0.39 is 38.3 Å². The summed E-state index contributed by atoms with van der Waals surface area (Å²) in [4.78, 5) is 0. The summed E-state index contributed by atoms with van der Waals surface area (Å²) in [7, 11) is 0. The number of hydrogen-bond donors (Lipinski definition) is 1. The second-order valence-electron chi connectivity index (χ2n) is 6.17. The van der Waals surface area contributed by atoms with Gasteiger partial charge in [0.25, 0.3) is 0 Å². The number of fused-ring (bicyclic) bond motifs is 1. The highest BCUT2D eigenvalue weighted by atomic mass is 16.5. The summed E-state index contributed by atoms with van der Waals surface area (Å²) in [6, 6.07) is 8.06. The fraction of sp³-hybridized carbons (Fsp3) is 0.417. The Balaban J connectivity index is 2.13. The van der Waals surface area contributed by atoms with E-state index in [0.717, 1.165) is 5.56 Å². The number of nitrogens with one attached hydrogen (secondary N) is 1. The van der Waals surface area contributed by atoms with Crippen molar-refractivity contribution in [2.24, 2.45) is 0 Å². The zero-order valence-corrected chi connectivity index (χ0v) is 16.4. The molecule has 29 heavy (non-hydrogen) atoms. The lowest BCUT2D eigenvalue weighted by Gasteiger charge is -2.24. The van der Waals surface area contributed by atoms with Crippen LogP contribution in [0.25, 0.3) is 11.8 Å². The van der Waals surface area contributed by atoms with Gasteiger partial charge in [0.2, 0.25) is 0 Å². The standard InChI is InChI=1S/C24H31NO4/c1-5-26-21-10-9-17(14-22(21)27-6-2)13-20-19-16-24(29-8-4)23(28-7-3)15-18(19)11-12-25-20/h9-10,13-16,25H,5-8,11-12H2,1-4H3/b20-13-/i3D3,4D3,7D2,8D2. The first kappa shape index (κ1) is 11.4. The van der Waals surface area contributed by atoms with Gasteiger partial charge in [-0.1, -0.05) is 6.07 Å². The van der Waals surface area contributed by atoms with Crippen LogP contribution in [-0.2, 0) is 6.42 Å². The Morgan fingerprint density at radius 1 is 0.931 bits per heavy atom. The quantitative estimate of drug-likeness (QED) is 0.639. The minimum Gasteiger partial charge on any atom is -0.490 e. The van der Waals surface area contributed by atoms with Crippen molar-refractivity contribution in [1.82, 2.24) is 5.32 Å². The molecule has 156 valence electrons. The van der Waals surface area contributed by atoms with Crippen LogP contribution in [0.1, 0.15) is 57.9 Å². The molecule has 2 aromatic rings. The first-order valence-electron chi connectivity index (χ1n) is 14.4. The molecule has 0 saturated carbocycles. The molecule has 0 saturated heterocycles. The van der Waals surface area contributed by atoms with Gasteiger partial charge in [-0.15, -0.1) is 0 Å². The Morgan fingerprint density at radius 2 is 1.62 bits per heavy atom. The van der Waals surface area contributed by atoms with Gasteiger partial charge in [-0.05, 0) is 75.4 Å². The van der Waals surface area contributed by atoms with Crippen LogP contribution >= 0.6 is 0 Å². The molecule has 0 fully saturated rings. The molecule has 0 radical (unpaired) electrons. The minimum absolute atomic E-state index is 0.427. The summed E-state index contributed by atoms with van der Waals surface area (Å²) in [5, 5.41) is 3.25. The SMILES string of the molecule is [2H]C([2H])([2H])C([2H])([2H])Oc1cc2c(cc1OC([2H])([2H])C([2H])([2H])[2H])/C(=C/c1ccc(OCC)c(OCC)c1)NCC2. The van der Waals surface area contributed by atoms with Gasteiger partial charge in [-0.3, -0.25) is 0 Å². The highest BCUT2D eigenvalue weighted by Crippen LogP contribution is 2.36. The van der Waals surface area contributed by atoms with Crippen LogP contribution in [0.3, 0.4) is 0 Å². The van der Waals surface area contributed by atoms with Crippen molar-refractivity contribution < 1.29 is 32.7 Å². The largest absolute Gasteiger partial charge is 0.490 e. The summed E-state index contributed by atoms with van der Waals surface area (Å²) in [5.41, 5.74) is 2.49. The maximum atomic E-state index is 7.92. The Kier molecular flexibility index (Phi) is 3.97. The average Bonchev–Trinajstić information content (AvgIpc) is 2.80. The van der Waals surface area contributed by atoms with E-state index in [1.165, 1.54) is 12.1 Å².